The van der Waals surface area contributed by atoms with Crippen molar-refractivity contribution in [3.05, 3.63) is 0 Å². The maximum atomic E-state index is 9.92. The Morgan fingerprint density at radius 2 is 2.00 bits per heavy atom. The zero-order valence-electron chi connectivity index (χ0n) is 9.75. The van der Waals surface area contributed by atoms with E-state index in [-0.39, 0.29) is 5.41 Å². The Labute approximate surface area is 86.7 Å². The molecule has 1 heterocycles. The Morgan fingerprint density at radius 1 is 1.43 bits per heavy atom. The first-order valence-electron chi connectivity index (χ1n) is 5.33. The molecule has 0 aromatic carbocycles. The molecule has 0 amide bonds. The monoisotopic (exact) mass is 201 g/mol. The summed E-state index contributed by atoms with van der Waals surface area (Å²) < 4.78 is 0. The Kier molecular flexibility index (Phi) is 3.24. The smallest absolute Gasteiger partial charge is 0.100 e. The van der Waals surface area contributed by atoms with E-state index >= 15 is 0 Å². The molecule has 0 aromatic heterocycles. The van der Waals surface area contributed by atoms with Gasteiger partial charge >= 0.3 is 0 Å². The number of aliphatic hydroxyl groups excluding tert-OH is 1. The second kappa shape index (κ2) is 3.80. The highest BCUT2D eigenvalue weighted by Gasteiger charge is 2.37. The Morgan fingerprint density at radius 3 is 2.43 bits per heavy atom. The van der Waals surface area contributed by atoms with Crippen LogP contribution in [0.3, 0.4) is 0 Å². The number of hydrogen-bond donors (Lipinski definition) is 2. The average molecular weight is 201 g/mol. The van der Waals surface area contributed by atoms with E-state index in [1.54, 1.807) is 6.92 Å². The lowest BCUT2D eigenvalue weighted by Crippen LogP contribution is -2.56. The van der Waals surface area contributed by atoms with E-state index in [2.05, 4.69) is 25.7 Å². The average Bonchev–Trinajstić information content (AvgIpc) is 1.93. The van der Waals surface area contributed by atoms with Crippen LogP contribution >= 0.6 is 0 Å². The van der Waals surface area contributed by atoms with Gasteiger partial charge in [0.05, 0.1) is 6.10 Å². The lowest BCUT2D eigenvalue weighted by atomic mass is 9.89. The molecule has 84 valence electrons. The molecule has 0 aromatic rings. The molecule has 1 saturated heterocycles. The molecule has 2 atom stereocenters. The van der Waals surface area contributed by atoms with Gasteiger partial charge in [0.2, 0.25) is 0 Å². The van der Waals surface area contributed by atoms with Crippen LogP contribution < -0.4 is 0 Å². The highest BCUT2D eigenvalue weighted by Crippen LogP contribution is 2.24. The number of likely N-dealkylation sites (tertiary alicyclic amines) is 1. The van der Waals surface area contributed by atoms with Gasteiger partial charge < -0.3 is 10.2 Å². The van der Waals surface area contributed by atoms with Crippen molar-refractivity contribution in [1.29, 1.82) is 0 Å². The summed E-state index contributed by atoms with van der Waals surface area (Å²) in [5.41, 5.74) is -0.693. The van der Waals surface area contributed by atoms with Crippen LogP contribution in [0.5, 0.6) is 0 Å². The second-order valence-corrected chi connectivity index (χ2v) is 5.93. The second-order valence-electron chi connectivity index (χ2n) is 5.93. The number of nitrogens with zero attached hydrogens (tertiary/aromatic N) is 1. The van der Waals surface area contributed by atoms with E-state index in [9.17, 15) is 10.2 Å². The molecule has 2 unspecified atom stereocenters. The zero-order valence-corrected chi connectivity index (χ0v) is 9.75. The Hall–Kier alpha value is -0.120. The molecule has 0 saturated carbocycles. The van der Waals surface area contributed by atoms with Gasteiger partial charge in [-0.15, -0.1) is 0 Å². The summed E-state index contributed by atoms with van der Waals surface area (Å²) in [6.07, 6.45) is 0.0991. The van der Waals surface area contributed by atoms with E-state index < -0.39 is 11.7 Å². The molecule has 1 fully saturated rings. The number of piperidine rings is 1. The van der Waals surface area contributed by atoms with Crippen LogP contribution in [0, 0.1) is 5.41 Å². The molecule has 1 rings (SSSR count). The maximum Gasteiger partial charge on any atom is 0.100 e. The van der Waals surface area contributed by atoms with E-state index in [1.807, 2.05) is 0 Å². The van der Waals surface area contributed by atoms with Crippen LogP contribution in [-0.4, -0.2) is 46.5 Å². The summed E-state index contributed by atoms with van der Waals surface area (Å²) >= 11 is 0. The first-order chi connectivity index (χ1) is 6.21. The van der Waals surface area contributed by atoms with Gasteiger partial charge in [-0.2, -0.15) is 0 Å². The molecule has 1 aliphatic heterocycles. The van der Waals surface area contributed by atoms with Crippen LogP contribution in [0.1, 0.15) is 34.1 Å². The maximum absolute atomic E-state index is 9.92. The number of β-amino-alcohol motifs (C(OH)–C–C–N with tert-alkyl or cyclic N) is 1. The molecular weight excluding hydrogens is 178 g/mol. The largest absolute Gasteiger partial charge is 0.390 e. The van der Waals surface area contributed by atoms with Crippen LogP contribution in [0.15, 0.2) is 0 Å². The summed E-state index contributed by atoms with van der Waals surface area (Å²) in [5.74, 6) is 0. The summed E-state index contributed by atoms with van der Waals surface area (Å²) in [4.78, 5) is 2.23. The van der Waals surface area contributed by atoms with Gasteiger partial charge in [-0.25, -0.2) is 0 Å². The molecule has 0 bridgehead atoms. The van der Waals surface area contributed by atoms with E-state index in [4.69, 9.17) is 0 Å². The topological polar surface area (TPSA) is 43.7 Å². The lowest BCUT2D eigenvalue weighted by Gasteiger charge is -2.42. The van der Waals surface area contributed by atoms with Crippen LogP contribution in [0.25, 0.3) is 0 Å². The number of hydrogen-bond acceptors (Lipinski definition) is 3. The van der Waals surface area contributed by atoms with Crippen molar-refractivity contribution in [2.75, 3.05) is 19.6 Å². The highest BCUT2D eigenvalue weighted by atomic mass is 16.3. The fourth-order valence-electron chi connectivity index (χ4n) is 2.06. The van der Waals surface area contributed by atoms with Crippen molar-refractivity contribution in [2.45, 2.75) is 45.8 Å². The minimum absolute atomic E-state index is 0.248. The predicted octanol–water partition coefficient (Wildman–Crippen LogP) is 0.850. The summed E-state index contributed by atoms with van der Waals surface area (Å²) in [6.45, 7) is 10.7. The first kappa shape index (κ1) is 12.0. The van der Waals surface area contributed by atoms with Crippen molar-refractivity contribution >= 4 is 0 Å². The lowest BCUT2D eigenvalue weighted by molar-refractivity contribution is -0.113. The minimum atomic E-state index is -0.941. The quantitative estimate of drug-likeness (QED) is 0.661. The molecule has 0 aliphatic carbocycles. The Balaban J connectivity index is 2.52. The van der Waals surface area contributed by atoms with Gasteiger partial charge in [-0.05, 0) is 18.8 Å². The standard InChI is InChI=1S/C11H23NO2/c1-10(2,3)7-12-6-5-9(13)11(4,14)8-12/h9,13-14H,5-8H2,1-4H3. The molecule has 0 spiro atoms. The van der Waals surface area contributed by atoms with Gasteiger partial charge in [-0.3, -0.25) is 4.90 Å². The van der Waals surface area contributed by atoms with Crippen molar-refractivity contribution in [2.24, 2.45) is 5.41 Å². The third kappa shape index (κ3) is 3.23. The summed E-state index contributed by atoms with van der Waals surface area (Å²) in [6, 6.07) is 0. The van der Waals surface area contributed by atoms with Crippen molar-refractivity contribution in [1.82, 2.24) is 4.90 Å². The van der Waals surface area contributed by atoms with Crippen molar-refractivity contribution < 1.29 is 10.2 Å². The summed E-state index contributed by atoms with van der Waals surface area (Å²) in [5, 5.41) is 19.5. The highest BCUT2D eigenvalue weighted by molar-refractivity contribution is 4.91. The van der Waals surface area contributed by atoms with E-state index in [0.29, 0.717) is 13.0 Å². The molecular formula is C11H23NO2. The van der Waals surface area contributed by atoms with Gasteiger partial charge in [0.1, 0.15) is 5.60 Å². The van der Waals surface area contributed by atoms with Crippen LogP contribution in [-0.2, 0) is 0 Å². The number of rotatable bonds is 1. The van der Waals surface area contributed by atoms with Gasteiger partial charge in [0.25, 0.3) is 0 Å². The molecule has 14 heavy (non-hydrogen) atoms. The molecule has 3 heteroatoms. The van der Waals surface area contributed by atoms with E-state index in [0.717, 1.165) is 13.1 Å². The summed E-state index contributed by atoms with van der Waals surface area (Å²) in [7, 11) is 0. The fraction of sp³-hybridized carbons (Fsp3) is 1.00. The molecule has 0 radical (unpaired) electrons. The molecule has 1 aliphatic rings. The fourth-order valence-corrected chi connectivity index (χ4v) is 2.06. The van der Waals surface area contributed by atoms with Gasteiger partial charge in [0.15, 0.2) is 0 Å². The first-order valence-corrected chi connectivity index (χ1v) is 5.33. The minimum Gasteiger partial charge on any atom is -0.390 e. The van der Waals surface area contributed by atoms with Crippen LogP contribution in [0.2, 0.25) is 0 Å². The van der Waals surface area contributed by atoms with Crippen molar-refractivity contribution in [3.8, 4) is 0 Å². The van der Waals surface area contributed by atoms with Crippen LogP contribution in [0.4, 0.5) is 0 Å². The zero-order chi connectivity index (χ0) is 11.0. The SMILES string of the molecule is CC(C)(C)CN1CCC(O)C(C)(O)C1. The third-order valence-corrected chi connectivity index (χ3v) is 2.68. The molecule has 3 nitrogen and oxygen atoms in total. The van der Waals surface area contributed by atoms with Gasteiger partial charge in [0, 0.05) is 19.6 Å². The Bertz CT molecular complexity index is 196. The predicted molar refractivity (Wildman–Crippen MR) is 57.1 cm³/mol. The molecule has 2 N–H and O–H groups in total. The van der Waals surface area contributed by atoms with Gasteiger partial charge in [-0.1, -0.05) is 20.8 Å². The normalized spacial score (nSPS) is 36.0. The number of aliphatic hydroxyl groups is 2. The van der Waals surface area contributed by atoms with Crippen molar-refractivity contribution in [3.63, 3.8) is 0 Å². The third-order valence-electron chi connectivity index (χ3n) is 2.68. The van der Waals surface area contributed by atoms with E-state index in [1.165, 1.54) is 0 Å².